The number of aryl methyl sites for hydroxylation is 2. The molecule has 0 spiro atoms. The van der Waals surface area contributed by atoms with Crippen LogP contribution in [-0.2, 0) is 16.8 Å². The minimum absolute atomic E-state index is 0.166. The summed E-state index contributed by atoms with van der Waals surface area (Å²) < 4.78 is 5.84. The zero-order chi connectivity index (χ0) is 15.7. The van der Waals surface area contributed by atoms with Gasteiger partial charge in [-0.05, 0) is 45.2 Å². The number of aromatic nitrogens is 4. The van der Waals surface area contributed by atoms with Gasteiger partial charge in [-0.3, -0.25) is 4.79 Å². The maximum absolute atomic E-state index is 12.5. The molecule has 2 aromatic rings. The number of amides is 1. The van der Waals surface area contributed by atoms with E-state index in [-0.39, 0.29) is 5.91 Å². The number of nitrogens with zero attached hydrogens (tertiary/aromatic N) is 3. The van der Waals surface area contributed by atoms with Gasteiger partial charge < -0.3 is 10.1 Å². The molecule has 0 bridgehead atoms. The van der Waals surface area contributed by atoms with Crippen LogP contribution >= 0.6 is 0 Å². The Morgan fingerprint density at radius 2 is 2.27 bits per heavy atom. The highest BCUT2D eigenvalue weighted by Crippen LogP contribution is 2.29. The Bertz CT molecular complexity index is 681. The van der Waals surface area contributed by atoms with Crippen LogP contribution in [0.4, 0.5) is 0 Å². The maximum Gasteiger partial charge on any atom is 0.261 e. The maximum atomic E-state index is 12.5. The summed E-state index contributed by atoms with van der Waals surface area (Å²) in [6.45, 7) is 5.71. The summed E-state index contributed by atoms with van der Waals surface area (Å²) in [7, 11) is 0. The number of fused-ring (bicyclic) bond motifs is 1. The Morgan fingerprint density at radius 3 is 3.00 bits per heavy atom. The highest BCUT2D eigenvalue weighted by Gasteiger charge is 2.33. The van der Waals surface area contributed by atoms with Crippen molar-refractivity contribution < 1.29 is 9.53 Å². The van der Waals surface area contributed by atoms with Crippen molar-refractivity contribution in [2.75, 3.05) is 0 Å². The minimum atomic E-state index is -0.707. The zero-order valence-electron chi connectivity index (χ0n) is 12.9. The second-order valence-corrected chi connectivity index (χ2v) is 6.11. The molecule has 2 heterocycles. The normalized spacial score (nSPS) is 17.5. The first-order valence-electron chi connectivity index (χ1n) is 7.28. The van der Waals surface area contributed by atoms with Crippen molar-refractivity contribution in [3.63, 3.8) is 0 Å². The molecule has 116 valence electrons. The first-order chi connectivity index (χ1) is 10.5. The van der Waals surface area contributed by atoms with Gasteiger partial charge in [-0.2, -0.15) is 5.21 Å². The standard InChI is InChI=1S/C15H19N5O2/c1-9-4-6-11-10(8-9)5-7-12(22-11)13(21)16-15(2,3)14-17-19-20-18-14/h4,6,8,12H,5,7H2,1-3H3,(H,16,21)(H,17,18,19,20). The van der Waals surface area contributed by atoms with E-state index >= 15 is 0 Å². The van der Waals surface area contributed by atoms with E-state index in [2.05, 4.69) is 32.0 Å². The second-order valence-electron chi connectivity index (χ2n) is 6.11. The fourth-order valence-corrected chi connectivity index (χ4v) is 2.57. The lowest BCUT2D eigenvalue weighted by Gasteiger charge is -2.29. The van der Waals surface area contributed by atoms with Gasteiger partial charge in [-0.15, -0.1) is 10.2 Å². The van der Waals surface area contributed by atoms with E-state index in [0.717, 1.165) is 17.7 Å². The molecule has 1 aliphatic heterocycles. The number of rotatable bonds is 3. The van der Waals surface area contributed by atoms with Gasteiger partial charge in [0.25, 0.3) is 5.91 Å². The number of carbonyl (C=O) groups is 1. The summed E-state index contributed by atoms with van der Waals surface area (Å²) in [6.07, 6.45) is 0.990. The molecule has 1 aromatic carbocycles. The van der Waals surface area contributed by atoms with Crippen molar-refractivity contribution in [1.29, 1.82) is 0 Å². The lowest BCUT2D eigenvalue weighted by Crippen LogP contribution is -2.49. The largest absolute Gasteiger partial charge is 0.480 e. The van der Waals surface area contributed by atoms with Gasteiger partial charge in [-0.1, -0.05) is 22.9 Å². The average molecular weight is 301 g/mol. The Balaban J connectivity index is 1.70. The molecule has 7 heteroatoms. The third kappa shape index (κ3) is 2.79. The number of carbonyl (C=O) groups excluding carboxylic acids is 1. The van der Waals surface area contributed by atoms with E-state index in [1.807, 2.05) is 32.9 Å². The minimum Gasteiger partial charge on any atom is -0.480 e. The summed E-state index contributed by atoms with van der Waals surface area (Å²) in [4.78, 5) is 12.5. The lowest BCUT2D eigenvalue weighted by molar-refractivity contribution is -0.130. The Morgan fingerprint density at radius 1 is 1.45 bits per heavy atom. The van der Waals surface area contributed by atoms with Crippen molar-refractivity contribution in [1.82, 2.24) is 25.9 Å². The highest BCUT2D eigenvalue weighted by atomic mass is 16.5. The zero-order valence-corrected chi connectivity index (χ0v) is 12.9. The van der Waals surface area contributed by atoms with Crippen LogP contribution in [0.1, 0.15) is 37.2 Å². The molecule has 3 rings (SSSR count). The van der Waals surface area contributed by atoms with Crippen molar-refractivity contribution >= 4 is 5.91 Å². The summed E-state index contributed by atoms with van der Waals surface area (Å²) in [5, 5.41) is 16.7. The number of hydrogen-bond donors (Lipinski definition) is 2. The number of tetrazole rings is 1. The highest BCUT2D eigenvalue weighted by molar-refractivity contribution is 5.82. The van der Waals surface area contributed by atoms with E-state index in [1.54, 1.807) is 0 Å². The van der Waals surface area contributed by atoms with Crippen molar-refractivity contribution in [2.24, 2.45) is 0 Å². The number of ether oxygens (including phenoxy) is 1. The average Bonchev–Trinajstić information content (AvgIpc) is 3.01. The second kappa shape index (κ2) is 5.40. The number of hydrogen-bond acceptors (Lipinski definition) is 5. The molecule has 0 fully saturated rings. The van der Waals surface area contributed by atoms with Crippen molar-refractivity contribution in [2.45, 2.75) is 45.3 Å². The van der Waals surface area contributed by atoms with Gasteiger partial charge in [0.05, 0.1) is 5.54 Å². The summed E-state index contributed by atoms with van der Waals surface area (Å²) in [5.41, 5.74) is 1.64. The molecule has 0 saturated heterocycles. The molecule has 7 nitrogen and oxygen atoms in total. The SMILES string of the molecule is Cc1ccc2c(c1)CCC(C(=O)NC(C)(C)c1nn[nH]n1)O2. The van der Waals surface area contributed by atoms with Crippen LogP contribution in [-0.4, -0.2) is 32.6 Å². The summed E-state index contributed by atoms with van der Waals surface area (Å²) >= 11 is 0. The first kappa shape index (κ1) is 14.5. The van der Waals surface area contributed by atoms with Crippen LogP contribution in [0, 0.1) is 6.92 Å². The molecule has 1 unspecified atom stereocenters. The van der Waals surface area contributed by atoms with Gasteiger partial charge in [-0.25, -0.2) is 0 Å². The molecule has 1 aliphatic rings. The molecule has 1 atom stereocenters. The molecular formula is C15H19N5O2. The molecule has 0 radical (unpaired) electrons. The van der Waals surface area contributed by atoms with Crippen LogP contribution in [0.5, 0.6) is 5.75 Å². The molecule has 2 N–H and O–H groups in total. The molecule has 1 amide bonds. The topological polar surface area (TPSA) is 92.8 Å². The van der Waals surface area contributed by atoms with Crippen LogP contribution in [0.3, 0.4) is 0 Å². The number of H-pyrrole nitrogens is 1. The molecular weight excluding hydrogens is 282 g/mol. The summed E-state index contributed by atoms with van der Waals surface area (Å²) in [5.74, 6) is 1.06. The fraction of sp³-hybridized carbons (Fsp3) is 0.467. The third-order valence-corrected chi connectivity index (χ3v) is 3.79. The Labute approximate surface area is 128 Å². The molecule has 0 saturated carbocycles. The quantitative estimate of drug-likeness (QED) is 0.890. The Kier molecular flexibility index (Phi) is 3.56. The molecule has 0 aliphatic carbocycles. The number of nitrogens with one attached hydrogen (secondary N) is 2. The Hall–Kier alpha value is -2.44. The van der Waals surface area contributed by atoms with Gasteiger partial charge in [0, 0.05) is 0 Å². The van der Waals surface area contributed by atoms with Crippen LogP contribution in [0.2, 0.25) is 0 Å². The molecule has 22 heavy (non-hydrogen) atoms. The van der Waals surface area contributed by atoms with E-state index in [0.29, 0.717) is 12.2 Å². The number of aromatic amines is 1. The van der Waals surface area contributed by atoms with E-state index in [4.69, 9.17) is 4.74 Å². The van der Waals surface area contributed by atoms with Crippen LogP contribution in [0.25, 0.3) is 0 Å². The predicted molar refractivity (Wildman–Crippen MR) is 79.3 cm³/mol. The van der Waals surface area contributed by atoms with Crippen molar-refractivity contribution in [3.8, 4) is 5.75 Å². The predicted octanol–water partition coefficient (Wildman–Crippen LogP) is 1.25. The molecule has 1 aromatic heterocycles. The third-order valence-electron chi connectivity index (χ3n) is 3.79. The fourth-order valence-electron chi connectivity index (χ4n) is 2.57. The number of benzene rings is 1. The van der Waals surface area contributed by atoms with E-state index < -0.39 is 11.6 Å². The van der Waals surface area contributed by atoms with Gasteiger partial charge in [0.1, 0.15) is 5.75 Å². The van der Waals surface area contributed by atoms with Crippen LogP contribution < -0.4 is 10.1 Å². The van der Waals surface area contributed by atoms with Crippen LogP contribution in [0.15, 0.2) is 18.2 Å². The first-order valence-corrected chi connectivity index (χ1v) is 7.28. The van der Waals surface area contributed by atoms with E-state index in [9.17, 15) is 4.79 Å². The van der Waals surface area contributed by atoms with Gasteiger partial charge in [0.15, 0.2) is 11.9 Å². The van der Waals surface area contributed by atoms with Crippen molar-refractivity contribution in [3.05, 3.63) is 35.2 Å². The van der Waals surface area contributed by atoms with E-state index in [1.165, 1.54) is 5.56 Å². The van der Waals surface area contributed by atoms with Gasteiger partial charge >= 0.3 is 0 Å². The van der Waals surface area contributed by atoms with Gasteiger partial charge in [0.2, 0.25) is 0 Å². The smallest absolute Gasteiger partial charge is 0.261 e. The lowest BCUT2D eigenvalue weighted by atomic mass is 9.98. The summed E-state index contributed by atoms with van der Waals surface area (Å²) in [6, 6.07) is 6.02. The monoisotopic (exact) mass is 301 g/mol.